The van der Waals surface area contributed by atoms with E-state index >= 15 is 0 Å². The Balaban J connectivity index is 2.86. The lowest BCUT2D eigenvalue weighted by Crippen LogP contribution is -2.29. The third-order valence-corrected chi connectivity index (χ3v) is 3.35. The molecule has 0 fully saturated rings. The summed E-state index contributed by atoms with van der Waals surface area (Å²) in [5.74, 6) is 0.627. The Morgan fingerprint density at radius 3 is 2.65 bits per heavy atom. The molecule has 0 heterocycles. The molecule has 0 spiro atoms. The molecule has 0 aliphatic carbocycles. The van der Waals surface area contributed by atoms with E-state index in [2.05, 4.69) is 37.1 Å². The van der Waals surface area contributed by atoms with E-state index in [9.17, 15) is 5.11 Å². The van der Waals surface area contributed by atoms with E-state index < -0.39 is 0 Å². The van der Waals surface area contributed by atoms with Gasteiger partial charge >= 0.3 is 0 Å². The molecule has 3 nitrogen and oxygen atoms in total. The molecule has 20 heavy (non-hydrogen) atoms. The van der Waals surface area contributed by atoms with Gasteiger partial charge in [-0.05, 0) is 42.6 Å². The van der Waals surface area contributed by atoms with Crippen LogP contribution in [0.3, 0.4) is 0 Å². The molecule has 1 rings (SSSR count). The number of aliphatic hydroxyl groups excluding tert-OH is 1. The zero-order valence-corrected chi connectivity index (χ0v) is 13.6. The van der Waals surface area contributed by atoms with Crippen LogP contribution in [0.15, 0.2) is 18.2 Å². The second kappa shape index (κ2) is 9.22. The Hall–Kier alpha value is -0.770. The third-order valence-electron chi connectivity index (χ3n) is 3.11. The summed E-state index contributed by atoms with van der Waals surface area (Å²) in [7, 11) is 0. The summed E-state index contributed by atoms with van der Waals surface area (Å²) < 4.78 is 0. The summed E-state index contributed by atoms with van der Waals surface area (Å²) in [5.41, 5.74) is 2.36. The molecule has 4 heteroatoms. The number of benzene rings is 1. The molecule has 0 aliphatic rings. The molecule has 0 bridgehead atoms. The number of anilines is 1. The van der Waals surface area contributed by atoms with Crippen LogP contribution in [0.5, 0.6) is 0 Å². The van der Waals surface area contributed by atoms with E-state index in [1.165, 1.54) is 11.3 Å². The molecule has 0 unspecified atom stereocenters. The first-order valence-corrected chi connectivity index (χ1v) is 7.81. The summed E-state index contributed by atoms with van der Waals surface area (Å²) in [6.45, 7) is 10.1. The van der Waals surface area contributed by atoms with Crippen LogP contribution < -0.4 is 10.2 Å². The zero-order valence-electron chi connectivity index (χ0n) is 12.8. The highest BCUT2D eigenvalue weighted by Crippen LogP contribution is 2.24. The highest BCUT2D eigenvalue weighted by atomic mass is 35.5. The van der Waals surface area contributed by atoms with Crippen molar-refractivity contribution in [2.75, 3.05) is 31.1 Å². The van der Waals surface area contributed by atoms with E-state index in [4.69, 9.17) is 11.6 Å². The van der Waals surface area contributed by atoms with Crippen molar-refractivity contribution < 1.29 is 5.11 Å². The Bertz CT molecular complexity index is 390. The lowest BCUT2D eigenvalue weighted by molar-refractivity contribution is 0.301. The Morgan fingerprint density at radius 1 is 1.30 bits per heavy atom. The number of nitrogens with one attached hydrogen (secondary N) is 1. The predicted molar refractivity (Wildman–Crippen MR) is 87.6 cm³/mol. The van der Waals surface area contributed by atoms with Crippen LogP contribution in [-0.2, 0) is 6.54 Å². The summed E-state index contributed by atoms with van der Waals surface area (Å²) in [6.07, 6.45) is 1.06. The standard InChI is InChI=1S/C16H27ClN2O/c1-4-7-19(8-9-20)16-6-5-15(17)10-14(16)12-18-11-13(2)3/h5-6,10,13,18,20H,4,7-9,11-12H2,1-3H3. The predicted octanol–water partition coefficient (Wildman–Crippen LogP) is 3.29. The van der Waals surface area contributed by atoms with Gasteiger partial charge in [0.15, 0.2) is 0 Å². The van der Waals surface area contributed by atoms with Crippen molar-refractivity contribution in [2.45, 2.75) is 33.7 Å². The average molecular weight is 299 g/mol. The van der Waals surface area contributed by atoms with Gasteiger partial charge in [-0.25, -0.2) is 0 Å². The highest BCUT2D eigenvalue weighted by Gasteiger charge is 2.11. The van der Waals surface area contributed by atoms with E-state index in [0.29, 0.717) is 12.5 Å². The minimum Gasteiger partial charge on any atom is -0.395 e. The zero-order chi connectivity index (χ0) is 15.0. The van der Waals surface area contributed by atoms with Gasteiger partial charge in [0, 0.05) is 30.3 Å². The Kier molecular flexibility index (Phi) is 7.97. The van der Waals surface area contributed by atoms with Crippen molar-refractivity contribution >= 4 is 17.3 Å². The van der Waals surface area contributed by atoms with Crippen LogP contribution >= 0.6 is 11.6 Å². The summed E-state index contributed by atoms with van der Waals surface area (Å²) >= 11 is 6.12. The molecule has 2 N–H and O–H groups in total. The molecule has 114 valence electrons. The molecular formula is C16H27ClN2O. The van der Waals surface area contributed by atoms with Crippen LogP contribution in [0, 0.1) is 5.92 Å². The number of hydrogen-bond donors (Lipinski definition) is 2. The summed E-state index contributed by atoms with van der Waals surface area (Å²) in [4.78, 5) is 2.22. The Labute approximate surface area is 127 Å². The first-order chi connectivity index (χ1) is 9.58. The van der Waals surface area contributed by atoms with Crippen molar-refractivity contribution in [3.63, 3.8) is 0 Å². The molecular weight excluding hydrogens is 272 g/mol. The maximum Gasteiger partial charge on any atom is 0.0606 e. The number of rotatable bonds is 9. The normalized spacial score (nSPS) is 11.1. The first-order valence-electron chi connectivity index (χ1n) is 7.43. The second-order valence-electron chi connectivity index (χ2n) is 5.51. The van der Waals surface area contributed by atoms with Crippen molar-refractivity contribution in [3.8, 4) is 0 Å². The van der Waals surface area contributed by atoms with Crippen LogP contribution in [0.2, 0.25) is 5.02 Å². The molecule has 0 atom stereocenters. The van der Waals surface area contributed by atoms with Gasteiger partial charge in [-0.2, -0.15) is 0 Å². The van der Waals surface area contributed by atoms with Crippen molar-refractivity contribution in [1.29, 1.82) is 0 Å². The minimum atomic E-state index is 0.168. The fourth-order valence-electron chi connectivity index (χ4n) is 2.24. The van der Waals surface area contributed by atoms with Gasteiger partial charge in [0.25, 0.3) is 0 Å². The van der Waals surface area contributed by atoms with Gasteiger partial charge in [0.1, 0.15) is 0 Å². The molecule has 0 aliphatic heterocycles. The number of halogens is 1. The third kappa shape index (κ3) is 5.70. The maximum atomic E-state index is 9.24. The van der Waals surface area contributed by atoms with Gasteiger partial charge in [-0.3, -0.25) is 0 Å². The molecule has 0 radical (unpaired) electrons. The highest BCUT2D eigenvalue weighted by molar-refractivity contribution is 6.30. The van der Waals surface area contributed by atoms with Gasteiger partial charge in [-0.15, -0.1) is 0 Å². The monoisotopic (exact) mass is 298 g/mol. The maximum absolute atomic E-state index is 9.24. The molecule has 0 saturated heterocycles. The second-order valence-corrected chi connectivity index (χ2v) is 5.94. The number of aliphatic hydroxyl groups is 1. The van der Waals surface area contributed by atoms with Gasteiger partial charge in [0.05, 0.1) is 6.61 Å². The Morgan fingerprint density at radius 2 is 2.05 bits per heavy atom. The lowest BCUT2D eigenvalue weighted by atomic mass is 10.1. The van der Waals surface area contributed by atoms with E-state index in [1.807, 2.05) is 12.1 Å². The molecule has 1 aromatic carbocycles. The first kappa shape index (κ1) is 17.3. The van der Waals surface area contributed by atoms with E-state index in [1.54, 1.807) is 0 Å². The molecule has 0 saturated carbocycles. The topological polar surface area (TPSA) is 35.5 Å². The van der Waals surface area contributed by atoms with Crippen LogP contribution in [0.25, 0.3) is 0 Å². The van der Waals surface area contributed by atoms with Crippen molar-refractivity contribution in [3.05, 3.63) is 28.8 Å². The largest absolute Gasteiger partial charge is 0.395 e. The minimum absolute atomic E-state index is 0.168. The fraction of sp³-hybridized carbons (Fsp3) is 0.625. The molecule has 0 amide bonds. The van der Waals surface area contributed by atoms with Crippen molar-refractivity contribution in [1.82, 2.24) is 5.32 Å². The molecule has 0 aromatic heterocycles. The number of hydrogen-bond acceptors (Lipinski definition) is 3. The van der Waals surface area contributed by atoms with Gasteiger partial charge in [0.2, 0.25) is 0 Å². The summed E-state index contributed by atoms with van der Waals surface area (Å²) in [5, 5.41) is 13.5. The average Bonchev–Trinajstić information content (AvgIpc) is 2.38. The smallest absolute Gasteiger partial charge is 0.0606 e. The quantitative estimate of drug-likeness (QED) is 0.734. The van der Waals surface area contributed by atoms with Crippen LogP contribution in [0.1, 0.15) is 32.8 Å². The van der Waals surface area contributed by atoms with E-state index in [0.717, 1.165) is 31.1 Å². The summed E-state index contributed by atoms with van der Waals surface area (Å²) in [6, 6.07) is 5.99. The number of nitrogens with zero attached hydrogens (tertiary/aromatic N) is 1. The van der Waals surface area contributed by atoms with Crippen LogP contribution in [0.4, 0.5) is 5.69 Å². The van der Waals surface area contributed by atoms with E-state index in [-0.39, 0.29) is 6.61 Å². The fourth-order valence-corrected chi connectivity index (χ4v) is 2.44. The molecule has 1 aromatic rings. The van der Waals surface area contributed by atoms with Gasteiger partial charge in [-0.1, -0.05) is 32.4 Å². The van der Waals surface area contributed by atoms with Crippen LogP contribution in [-0.4, -0.2) is 31.3 Å². The lowest BCUT2D eigenvalue weighted by Gasteiger charge is -2.26. The van der Waals surface area contributed by atoms with Crippen molar-refractivity contribution in [2.24, 2.45) is 5.92 Å². The SMILES string of the molecule is CCCN(CCO)c1ccc(Cl)cc1CNCC(C)C. The van der Waals surface area contributed by atoms with Gasteiger partial charge < -0.3 is 15.3 Å².